The average molecular weight is 383 g/mol. The van der Waals surface area contributed by atoms with Gasteiger partial charge in [-0.25, -0.2) is 4.79 Å². The van der Waals surface area contributed by atoms with Gasteiger partial charge in [-0.05, 0) is 25.1 Å². The van der Waals surface area contributed by atoms with Gasteiger partial charge in [0.2, 0.25) is 5.91 Å². The Kier molecular flexibility index (Phi) is 5.73. The Balaban J connectivity index is 1.86. The Morgan fingerprint density at radius 1 is 1.00 bits per heavy atom. The Labute approximate surface area is 163 Å². The smallest absolute Gasteiger partial charge is 0.329 e. The van der Waals surface area contributed by atoms with Gasteiger partial charge in [0, 0.05) is 25.7 Å². The Morgan fingerprint density at radius 2 is 1.68 bits per heavy atom. The minimum atomic E-state index is -0.176. The molecule has 1 heterocycles. The van der Waals surface area contributed by atoms with Gasteiger partial charge in [0.15, 0.2) is 11.5 Å². The number of rotatable bonds is 7. The highest BCUT2D eigenvalue weighted by atomic mass is 16.5. The second kappa shape index (κ2) is 8.21. The maximum atomic E-state index is 12.8. The van der Waals surface area contributed by atoms with Gasteiger partial charge in [0.25, 0.3) is 0 Å². The zero-order valence-corrected chi connectivity index (χ0v) is 16.6. The molecule has 28 heavy (non-hydrogen) atoms. The third-order valence-electron chi connectivity index (χ3n) is 4.85. The first-order valence-electron chi connectivity index (χ1n) is 9.13. The molecule has 7 nitrogen and oxygen atoms in total. The number of carbonyl (C=O) groups excluding carboxylic acids is 1. The van der Waals surface area contributed by atoms with E-state index < -0.39 is 0 Å². The van der Waals surface area contributed by atoms with Crippen LogP contribution < -0.4 is 15.2 Å². The number of aromatic nitrogens is 2. The molecule has 148 valence electrons. The summed E-state index contributed by atoms with van der Waals surface area (Å²) in [5.41, 5.74) is 2.25. The number of amides is 1. The SMILES string of the molecule is CCn1c(=O)n(CC(=O)N(C)Cc2cccc(OC)c2OC)c2ccccc21. The summed E-state index contributed by atoms with van der Waals surface area (Å²) in [7, 11) is 4.86. The van der Waals surface area contributed by atoms with E-state index in [0.717, 1.165) is 16.6 Å². The lowest BCUT2D eigenvalue weighted by atomic mass is 10.1. The van der Waals surface area contributed by atoms with Crippen molar-refractivity contribution >= 4 is 16.9 Å². The number of carbonyl (C=O) groups is 1. The van der Waals surface area contributed by atoms with Gasteiger partial charge in [0.05, 0.1) is 25.3 Å². The normalized spacial score (nSPS) is 10.9. The van der Waals surface area contributed by atoms with Gasteiger partial charge in [-0.2, -0.15) is 0 Å². The molecule has 1 amide bonds. The van der Waals surface area contributed by atoms with E-state index >= 15 is 0 Å². The van der Waals surface area contributed by atoms with Crippen molar-refractivity contribution in [1.82, 2.24) is 14.0 Å². The van der Waals surface area contributed by atoms with E-state index in [1.807, 2.05) is 49.4 Å². The lowest BCUT2D eigenvalue weighted by Crippen LogP contribution is -2.34. The molecule has 0 aliphatic rings. The maximum Gasteiger partial charge on any atom is 0.329 e. The van der Waals surface area contributed by atoms with Gasteiger partial charge in [0.1, 0.15) is 6.54 Å². The number of para-hydroxylation sites is 3. The number of methoxy groups -OCH3 is 2. The molecule has 0 fully saturated rings. The lowest BCUT2D eigenvalue weighted by molar-refractivity contribution is -0.131. The molecule has 0 spiro atoms. The molecule has 0 bridgehead atoms. The molecule has 3 rings (SSSR count). The van der Waals surface area contributed by atoms with Crippen LogP contribution >= 0.6 is 0 Å². The van der Waals surface area contributed by atoms with Crippen LogP contribution in [0.15, 0.2) is 47.3 Å². The summed E-state index contributed by atoms with van der Waals surface area (Å²) in [5.74, 6) is 1.05. The zero-order valence-electron chi connectivity index (χ0n) is 16.6. The van der Waals surface area contributed by atoms with Crippen molar-refractivity contribution in [2.75, 3.05) is 21.3 Å². The third-order valence-corrected chi connectivity index (χ3v) is 4.85. The highest BCUT2D eigenvalue weighted by Crippen LogP contribution is 2.31. The van der Waals surface area contributed by atoms with Crippen molar-refractivity contribution < 1.29 is 14.3 Å². The Hall–Kier alpha value is -3.22. The van der Waals surface area contributed by atoms with Gasteiger partial charge >= 0.3 is 5.69 Å². The van der Waals surface area contributed by atoms with Crippen LogP contribution in [0.25, 0.3) is 11.0 Å². The van der Waals surface area contributed by atoms with Crippen molar-refractivity contribution in [3.63, 3.8) is 0 Å². The highest BCUT2D eigenvalue weighted by Gasteiger charge is 2.18. The number of aryl methyl sites for hydroxylation is 1. The van der Waals surface area contributed by atoms with Crippen LogP contribution in [0.2, 0.25) is 0 Å². The number of likely N-dealkylation sites (N-methyl/N-ethyl adjacent to an activating group) is 1. The van der Waals surface area contributed by atoms with Gasteiger partial charge < -0.3 is 14.4 Å². The predicted octanol–water partition coefficient (Wildman–Crippen LogP) is 2.50. The highest BCUT2D eigenvalue weighted by molar-refractivity contribution is 5.81. The van der Waals surface area contributed by atoms with Crippen LogP contribution in [0.3, 0.4) is 0 Å². The molecule has 0 saturated carbocycles. The van der Waals surface area contributed by atoms with Gasteiger partial charge in [-0.1, -0.05) is 24.3 Å². The standard InChI is InChI=1S/C21H25N3O4/c1-5-23-16-10-6-7-11-17(16)24(21(23)26)14-19(25)22(2)13-15-9-8-12-18(27-3)20(15)28-4/h6-12H,5,13-14H2,1-4H3. The maximum absolute atomic E-state index is 12.8. The third kappa shape index (κ3) is 3.47. The number of ether oxygens (including phenoxy) is 2. The monoisotopic (exact) mass is 383 g/mol. The fourth-order valence-electron chi connectivity index (χ4n) is 3.41. The van der Waals surface area contributed by atoms with E-state index in [2.05, 4.69) is 0 Å². The van der Waals surface area contributed by atoms with Crippen molar-refractivity contribution in [1.29, 1.82) is 0 Å². The van der Waals surface area contributed by atoms with Crippen molar-refractivity contribution in [3.05, 3.63) is 58.5 Å². The Morgan fingerprint density at radius 3 is 2.29 bits per heavy atom. The second-order valence-corrected chi connectivity index (χ2v) is 6.50. The summed E-state index contributed by atoms with van der Waals surface area (Å²) in [6.07, 6.45) is 0. The van der Waals surface area contributed by atoms with E-state index in [-0.39, 0.29) is 18.1 Å². The number of benzene rings is 2. The van der Waals surface area contributed by atoms with Crippen molar-refractivity contribution in [3.8, 4) is 11.5 Å². The van der Waals surface area contributed by atoms with Crippen LogP contribution in [0.4, 0.5) is 0 Å². The second-order valence-electron chi connectivity index (χ2n) is 6.50. The summed E-state index contributed by atoms with van der Waals surface area (Å²) >= 11 is 0. The molecule has 1 aromatic heterocycles. The topological polar surface area (TPSA) is 65.7 Å². The van der Waals surface area contributed by atoms with E-state index in [0.29, 0.717) is 24.6 Å². The van der Waals surface area contributed by atoms with Crippen molar-refractivity contribution in [2.45, 2.75) is 26.6 Å². The number of hydrogen-bond donors (Lipinski definition) is 0. The Bertz CT molecular complexity index is 1050. The summed E-state index contributed by atoms with van der Waals surface area (Å²) in [5, 5.41) is 0. The molecule has 0 atom stereocenters. The van der Waals surface area contributed by atoms with Crippen molar-refractivity contribution in [2.24, 2.45) is 0 Å². The van der Waals surface area contributed by atoms with Crippen LogP contribution in [0.1, 0.15) is 12.5 Å². The van der Waals surface area contributed by atoms with Crippen LogP contribution in [0, 0.1) is 0 Å². The minimum absolute atomic E-state index is 0.0187. The molecule has 0 radical (unpaired) electrons. The molecule has 0 aliphatic heterocycles. The average Bonchev–Trinajstić information content (AvgIpc) is 2.98. The molecule has 2 aromatic carbocycles. The summed E-state index contributed by atoms with van der Waals surface area (Å²) < 4.78 is 14.0. The quantitative estimate of drug-likeness (QED) is 0.629. The summed E-state index contributed by atoms with van der Waals surface area (Å²) in [6.45, 7) is 2.80. The van der Waals surface area contributed by atoms with E-state index in [4.69, 9.17) is 9.47 Å². The first-order chi connectivity index (χ1) is 13.5. The number of nitrogens with zero attached hydrogens (tertiary/aromatic N) is 3. The zero-order chi connectivity index (χ0) is 20.3. The van der Waals surface area contributed by atoms with Crippen LogP contribution in [0.5, 0.6) is 11.5 Å². The minimum Gasteiger partial charge on any atom is -0.493 e. The molecule has 0 unspecified atom stereocenters. The fourth-order valence-corrected chi connectivity index (χ4v) is 3.41. The molecule has 0 aliphatic carbocycles. The largest absolute Gasteiger partial charge is 0.493 e. The molecule has 7 heteroatoms. The molecular formula is C21H25N3O4. The fraction of sp³-hybridized carbons (Fsp3) is 0.333. The van der Waals surface area contributed by atoms with E-state index in [1.165, 1.54) is 4.57 Å². The first kappa shape index (κ1) is 19.5. The molecule has 0 N–H and O–H groups in total. The predicted molar refractivity (Wildman–Crippen MR) is 108 cm³/mol. The molecule has 0 saturated heterocycles. The van der Waals surface area contributed by atoms with Gasteiger partial charge in [-0.15, -0.1) is 0 Å². The van der Waals surface area contributed by atoms with Gasteiger partial charge in [-0.3, -0.25) is 13.9 Å². The lowest BCUT2D eigenvalue weighted by Gasteiger charge is -2.20. The van der Waals surface area contributed by atoms with Crippen LogP contribution in [-0.2, 0) is 24.4 Å². The first-order valence-corrected chi connectivity index (χ1v) is 9.13. The number of fused-ring (bicyclic) bond motifs is 1. The number of imidazole rings is 1. The van der Waals surface area contributed by atoms with E-state index in [1.54, 1.807) is 30.7 Å². The number of hydrogen-bond acceptors (Lipinski definition) is 4. The van der Waals surface area contributed by atoms with Crippen LogP contribution in [-0.4, -0.2) is 41.2 Å². The summed E-state index contributed by atoms with van der Waals surface area (Å²) in [6, 6.07) is 13.1. The summed E-state index contributed by atoms with van der Waals surface area (Å²) in [4.78, 5) is 27.2. The van der Waals surface area contributed by atoms with E-state index in [9.17, 15) is 9.59 Å². The molecular weight excluding hydrogens is 358 g/mol. The molecule has 3 aromatic rings.